The van der Waals surface area contributed by atoms with Crippen LogP contribution >= 0.6 is 11.8 Å². The molecule has 1 saturated carbocycles. The maximum Gasteiger partial charge on any atom is 0.408 e. The summed E-state index contributed by atoms with van der Waals surface area (Å²) < 4.78 is 32.1. The molecule has 2 aromatic rings. The van der Waals surface area contributed by atoms with Gasteiger partial charge in [-0.3, -0.25) is 57.7 Å². The number of aliphatic carboxylic acids is 1. The van der Waals surface area contributed by atoms with Crippen molar-refractivity contribution in [3.05, 3.63) is 65.5 Å². The number of nitrogens with zero attached hydrogens (tertiary/aromatic N) is 4. The number of aliphatic hydroxyl groups excluding tert-OH is 1. The van der Waals surface area contributed by atoms with Gasteiger partial charge in [-0.15, -0.1) is 11.8 Å². The smallest absolute Gasteiger partial charge is 0.408 e. The van der Waals surface area contributed by atoms with E-state index in [4.69, 9.17) is 19.9 Å². The van der Waals surface area contributed by atoms with Crippen molar-refractivity contribution in [2.24, 2.45) is 52.6 Å². The summed E-state index contributed by atoms with van der Waals surface area (Å²) in [6, 6.07) is 6.41. The Morgan fingerprint density at radius 2 is 1.44 bits per heavy atom. The number of rotatable bonds is 46. The first-order chi connectivity index (χ1) is 50.0. The Bertz CT molecular complexity index is 3300. The van der Waals surface area contributed by atoms with Crippen LogP contribution in [0.2, 0.25) is 0 Å². The lowest BCUT2D eigenvalue weighted by atomic mass is 9.83. The molecule has 2 aromatic carbocycles. The van der Waals surface area contributed by atoms with E-state index in [1.165, 1.54) is 60.0 Å². The number of aliphatic hydroxyl groups is 1. The van der Waals surface area contributed by atoms with Crippen LogP contribution in [0.1, 0.15) is 183 Å². The minimum Gasteiger partial charge on any atom is -0.481 e. The van der Waals surface area contributed by atoms with Crippen LogP contribution in [0, 0.1) is 52.7 Å². The lowest BCUT2D eigenvalue weighted by molar-refractivity contribution is -0.149. The van der Waals surface area contributed by atoms with Crippen LogP contribution < -0.4 is 32.3 Å². The van der Waals surface area contributed by atoms with Crippen molar-refractivity contribution >= 4 is 88.5 Å². The van der Waals surface area contributed by atoms with Gasteiger partial charge in [0.2, 0.25) is 41.4 Å². The number of anilines is 1. The normalized spacial score (nSPS) is 19.5. The zero-order valence-electron chi connectivity index (χ0n) is 64.7. The summed E-state index contributed by atoms with van der Waals surface area (Å²) >= 11 is 1.35. The number of imide groups is 1. The van der Waals surface area contributed by atoms with E-state index in [9.17, 15) is 72.1 Å². The number of nitrogens with two attached hydrogens (primary N) is 1. The van der Waals surface area contributed by atoms with Crippen molar-refractivity contribution in [2.75, 3.05) is 66.1 Å². The maximum atomic E-state index is 14.7. The number of hydrogen-bond donors (Lipinski definition) is 8. The van der Waals surface area contributed by atoms with Crippen LogP contribution in [0.5, 0.6) is 0 Å². The monoisotopic (exact) mass is 1510 g/mol. The molecule has 2 unspecified atom stereocenters. The number of hydrogen-bond acceptors (Lipinski definition) is 18. The quantitative estimate of drug-likeness (QED) is 0.0231. The highest BCUT2D eigenvalue weighted by Crippen LogP contribution is 2.52. The fourth-order valence-corrected chi connectivity index (χ4v) is 16.1. The van der Waals surface area contributed by atoms with Crippen molar-refractivity contribution in [3.8, 4) is 0 Å². The Labute approximate surface area is 628 Å². The molecule has 0 aromatic heterocycles. The highest BCUT2D eigenvalue weighted by Gasteiger charge is 2.49. The molecule has 5 rings (SSSR count). The molecule has 106 heavy (non-hydrogen) atoms. The van der Waals surface area contributed by atoms with Crippen molar-refractivity contribution < 1.29 is 86.3 Å². The van der Waals surface area contributed by atoms with Crippen LogP contribution in [0.3, 0.4) is 0 Å². The van der Waals surface area contributed by atoms with Gasteiger partial charge in [-0.1, -0.05) is 99.4 Å². The topological polar surface area (TPSA) is 372 Å². The molecule has 29 heteroatoms. The number of nitrogens with one attached hydrogen (secondary N) is 5. The highest BCUT2D eigenvalue weighted by molar-refractivity contribution is 8.00. The summed E-state index contributed by atoms with van der Waals surface area (Å²) in [5.74, 6) is -7.06. The van der Waals surface area contributed by atoms with Crippen LogP contribution in [0.25, 0.3) is 0 Å². The molecule has 14 atom stereocenters. The van der Waals surface area contributed by atoms with Gasteiger partial charge in [-0.2, -0.15) is 0 Å². The van der Waals surface area contributed by atoms with E-state index in [1.54, 1.807) is 63.9 Å². The van der Waals surface area contributed by atoms with Gasteiger partial charge in [-0.25, -0.2) is 14.0 Å². The number of carboxylic acid groups (broad SMARTS) is 1. The van der Waals surface area contributed by atoms with Gasteiger partial charge < -0.3 is 66.5 Å². The van der Waals surface area contributed by atoms with E-state index >= 15 is 0 Å². The average molecular weight is 1510 g/mol. The van der Waals surface area contributed by atoms with Crippen molar-refractivity contribution in [1.82, 2.24) is 40.9 Å². The molecule has 2 saturated heterocycles. The summed E-state index contributed by atoms with van der Waals surface area (Å²) in [6.07, 6.45) is 0.310. The number of ether oxygens (including phenoxy) is 3. The molecule has 10 amide bonds. The second-order valence-corrected chi connectivity index (χ2v) is 31.8. The number of alkyl carbamates (subject to hydrolysis) is 1. The average Bonchev–Trinajstić information content (AvgIpc) is 1.55. The number of carbonyl (C=O) groups is 12. The number of carbonyl (C=O) groups excluding carboxylic acids is 11. The molecule has 1 aliphatic carbocycles. The van der Waals surface area contributed by atoms with Crippen molar-refractivity contribution in [3.63, 3.8) is 0 Å². The van der Waals surface area contributed by atoms with E-state index in [0.29, 0.717) is 48.3 Å². The first kappa shape index (κ1) is 89.0. The van der Waals surface area contributed by atoms with Crippen LogP contribution in [-0.4, -0.2) is 215 Å². The number of unbranched alkanes of at least 4 members (excludes halogenated alkanes) is 2. The van der Waals surface area contributed by atoms with Gasteiger partial charge in [0.15, 0.2) is 11.6 Å². The lowest BCUT2D eigenvalue weighted by Gasteiger charge is -2.41. The lowest BCUT2D eigenvalue weighted by Crippen LogP contribution is -2.55. The van der Waals surface area contributed by atoms with Gasteiger partial charge in [0.05, 0.1) is 78.6 Å². The van der Waals surface area contributed by atoms with Gasteiger partial charge in [0.25, 0.3) is 0 Å². The Morgan fingerprint density at radius 1 is 0.783 bits per heavy atom. The van der Waals surface area contributed by atoms with Gasteiger partial charge in [-0.05, 0) is 130 Å². The number of β-amino-alcohol motifs (C(OH)–C–C–N with tert-alkyl or cyclic N) is 1. The number of ketones is 2. The number of likely N-dealkylation sites (tertiary alicyclic amines) is 2. The number of likely N-dealkylation sites (N-methyl/N-ethyl adjacent to an activating group) is 2. The number of primary amides is 1. The van der Waals surface area contributed by atoms with E-state index in [0.717, 1.165) is 12.8 Å². The number of benzene rings is 2. The molecular formula is C77H119FN10O17S. The molecule has 3 aliphatic rings. The first-order valence-electron chi connectivity index (χ1n) is 37.4. The zero-order valence-corrected chi connectivity index (χ0v) is 65.6. The highest BCUT2D eigenvalue weighted by atomic mass is 32.2. The maximum absolute atomic E-state index is 14.7. The second kappa shape index (κ2) is 42.2. The predicted molar refractivity (Wildman–Crippen MR) is 400 cm³/mol. The number of carboxylic acids is 1. The minimum absolute atomic E-state index is 0.0257. The molecule has 592 valence electrons. The molecular weight excluding hydrogens is 1390 g/mol. The van der Waals surface area contributed by atoms with Gasteiger partial charge in [0, 0.05) is 89.9 Å². The SMILES string of the molecule is CC[C@H](C)[C@@H]([C@@H](CC(=O)N1C[C@@H](O)C[C@H]1[C@H](OC)[C@@H](C)C(=O)N[C@H](C)C(NC(=O)OCc1ccc(NC(=O)[C@H](CCCNC(N)=O)CC(=O)[C@@H](NC(=O)CCCCCN2C(=O)CC(SCC3(CC(=O)O)CC3)C2=O)C(C)C)cc1)c1ccc(F)cc1)OC)N(C)C(=O)[C@@H](CC(=O)[C@H](C(C)C)N(C)C)C(C)C. The molecule has 2 aliphatic heterocycles. The van der Waals surface area contributed by atoms with E-state index in [-0.39, 0.29) is 154 Å². The summed E-state index contributed by atoms with van der Waals surface area (Å²) in [6.45, 7) is 18.6. The van der Waals surface area contributed by atoms with E-state index in [2.05, 4.69) is 26.6 Å². The zero-order chi connectivity index (χ0) is 79.0. The Morgan fingerprint density at radius 3 is 2.01 bits per heavy atom. The third kappa shape index (κ3) is 26.4. The number of methoxy groups -OCH3 is 2. The summed E-state index contributed by atoms with van der Waals surface area (Å²) in [5, 5.41) is 33.8. The largest absolute Gasteiger partial charge is 0.481 e. The van der Waals surface area contributed by atoms with E-state index < -0.39 is 113 Å². The van der Waals surface area contributed by atoms with Crippen LogP contribution in [-0.2, 0) is 68.8 Å². The van der Waals surface area contributed by atoms with E-state index in [1.807, 2.05) is 60.5 Å². The molecule has 9 N–H and O–H groups in total. The number of halogens is 1. The third-order valence-electron chi connectivity index (χ3n) is 21.0. The molecule has 27 nitrogen and oxygen atoms in total. The van der Waals surface area contributed by atoms with Gasteiger partial charge >= 0.3 is 18.1 Å². The molecule has 0 bridgehead atoms. The molecule has 3 fully saturated rings. The first-order valence-corrected chi connectivity index (χ1v) is 38.4. The van der Waals surface area contributed by atoms with Crippen LogP contribution in [0.15, 0.2) is 48.5 Å². The summed E-state index contributed by atoms with van der Waals surface area (Å²) in [4.78, 5) is 167. The number of amides is 10. The fraction of sp³-hybridized carbons (Fsp3) is 0.688. The molecule has 0 radical (unpaired) electrons. The Kier molecular flexibility index (Phi) is 35.5. The standard InChI is InChI=1S/C77H119FN10O17S/c1-16-47(8)69(86(13)73(99)56(44(2)3)37-59(91)68(46(6)7)85(11)12)60(103-14)38-63(93)88-41-55(89)36-57(88)70(104-15)48(9)71(97)81-49(10)67(51-25-27-53(78)28-26-51)84-76(102)105-42-50-23-29-54(30-24-50)82-72(98)52(21-20-33-80-75(79)101)35-58(90)66(45(4)5)83-62(92)22-18-17-19-34-87-64(94)39-61(74(87)100)106-43-77(31-32-77)40-65(95)96/h23-30,44-49,52,55-57,60-61,66-70,89H,16-22,31-43H2,1-15H3,(H,81,97)(H,82,98)(H,83,92)(H,84,102)(H,95,96)(H3,79,80,101)/t47-,48+,49+,52+,55-,56-,57-,60+,61?,66-,67?,68-,69-,70+/m0/s1. The second-order valence-electron chi connectivity index (χ2n) is 30.6. The number of urea groups is 1. The predicted octanol–water partition coefficient (Wildman–Crippen LogP) is 7.79. The molecule has 2 heterocycles. The van der Waals surface area contributed by atoms with Crippen LogP contribution in [0.4, 0.5) is 19.7 Å². The summed E-state index contributed by atoms with van der Waals surface area (Å²) in [7, 11) is 8.29. The minimum atomic E-state index is -0.987. The third-order valence-corrected chi connectivity index (χ3v) is 22.6. The summed E-state index contributed by atoms with van der Waals surface area (Å²) in [5.41, 5.74) is 6.24. The number of thioether (sulfide) groups is 1. The Hall–Kier alpha value is -7.60. The molecule has 0 spiro atoms. The van der Waals surface area contributed by atoms with Crippen molar-refractivity contribution in [1.29, 1.82) is 0 Å². The van der Waals surface area contributed by atoms with Gasteiger partial charge in [0.1, 0.15) is 12.4 Å². The number of Topliss-reactive ketones (excluding diaryl/α,β-unsaturated/α-hetero) is 2. The Balaban J connectivity index is 1.17. The van der Waals surface area contributed by atoms with Crippen molar-refractivity contribution in [2.45, 2.75) is 232 Å². The fourth-order valence-electron chi connectivity index (χ4n) is 14.6.